The number of rotatable bonds is 6. The van der Waals surface area contributed by atoms with Gasteiger partial charge in [0.2, 0.25) is 0 Å². The topological polar surface area (TPSA) is 31.4 Å². The first-order valence-electron chi connectivity index (χ1n) is 7.48. The minimum absolute atomic E-state index is 0.680. The van der Waals surface area contributed by atoms with Gasteiger partial charge in [-0.25, -0.2) is 4.98 Å². The third-order valence-corrected chi connectivity index (χ3v) is 3.91. The van der Waals surface area contributed by atoms with Crippen molar-refractivity contribution in [1.82, 2.24) is 9.88 Å². The van der Waals surface area contributed by atoms with Gasteiger partial charge in [0.05, 0.1) is 0 Å². The van der Waals surface area contributed by atoms with E-state index >= 15 is 0 Å². The third-order valence-electron chi connectivity index (χ3n) is 3.91. The highest BCUT2D eigenvalue weighted by atomic mass is 15.3. The van der Waals surface area contributed by atoms with Gasteiger partial charge in [-0.15, -0.1) is 0 Å². The molecule has 0 aromatic carbocycles. The Morgan fingerprint density at radius 2 is 2.11 bits per heavy atom. The van der Waals surface area contributed by atoms with E-state index in [-0.39, 0.29) is 0 Å². The van der Waals surface area contributed by atoms with Crippen LogP contribution in [0.1, 0.15) is 27.2 Å². The number of hydrogen-bond acceptors (Lipinski definition) is 4. The van der Waals surface area contributed by atoms with Crippen LogP contribution in [-0.2, 0) is 0 Å². The second-order valence-electron chi connectivity index (χ2n) is 5.02. The maximum absolute atomic E-state index is 4.69. The quantitative estimate of drug-likeness (QED) is 0.853. The van der Waals surface area contributed by atoms with Gasteiger partial charge in [-0.3, -0.25) is 4.90 Å². The van der Waals surface area contributed by atoms with E-state index in [1.54, 1.807) is 0 Å². The monoisotopic (exact) mass is 262 g/mol. The molecule has 2 heterocycles. The van der Waals surface area contributed by atoms with Crippen LogP contribution in [0, 0.1) is 0 Å². The molecule has 0 radical (unpaired) electrons. The Kier molecular flexibility index (Phi) is 5.02. The predicted molar refractivity (Wildman–Crippen MR) is 81.9 cm³/mol. The van der Waals surface area contributed by atoms with Crippen LogP contribution in [0.4, 0.5) is 11.6 Å². The summed E-state index contributed by atoms with van der Waals surface area (Å²) < 4.78 is 0. The molecule has 1 atom stereocenters. The van der Waals surface area contributed by atoms with Gasteiger partial charge in [-0.05, 0) is 38.6 Å². The Bertz CT molecular complexity index is 389. The van der Waals surface area contributed by atoms with E-state index in [1.807, 2.05) is 6.07 Å². The molecule has 1 aromatic rings. The second-order valence-corrected chi connectivity index (χ2v) is 5.02. The van der Waals surface area contributed by atoms with Crippen LogP contribution >= 0.6 is 0 Å². The van der Waals surface area contributed by atoms with E-state index in [0.717, 1.165) is 44.4 Å². The molecule has 1 unspecified atom stereocenters. The van der Waals surface area contributed by atoms with Crippen molar-refractivity contribution in [3.8, 4) is 0 Å². The molecule has 1 saturated heterocycles. The van der Waals surface area contributed by atoms with Crippen molar-refractivity contribution in [3.63, 3.8) is 0 Å². The number of nitrogens with zero attached hydrogens (tertiary/aromatic N) is 3. The highest BCUT2D eigenvalue weighted by Crippen LogP contribution is 2.22. The van der Waals surface area contributed by atoms with E-state index < -0.39 is 0 Å². The highest BCUT2D eigenvalue weighted by molar-refractivity contribution is 5.47. The molecule has 1 aliphatic heterocycles. The number of hydrogen-bond donors (Lipinski definition) is 1. The van der Waals surface area contributed by atoms with Crippen LogP contribution in [0.3, 0.4) is 0 Å². The lowest BCUT2D eigenvalue weighted by atomic mass is 10.2. The molecule has 1 fully saturated rings. The van der Waals surface area contributed by atoms with Crippen molar-refractivity contribution < 1.29 is 0 Å². The van der Waals surface area contributed by atoms with E-state index in [1.165, 1.54) is 6.42 Å². The van der Waals surface area contributed by atoms with Crippen LogP contribution < -0.4 is 10.2 Å². The predicted octanol–water partition coefficient (Wildman–Crippen LogP) is 2.43. The summed E-state index contributed by atoms with van der Waals surface area (Å²) in [5.74, 6) is 2.08. The summed E-state index contributed by atoms with van der Waals surface area (Å²) in [5, 5.41) is 3.28. The number of aromatic nitrogens is 1. The van der Waals surface area contributed by atoms with Crippen molar-refractivity contribution in [2.45, 2.75) is 33.2 Å². The first-order chi connectivity index (χ1) is 9.28. The van der Waals surface area contributed by atoms with E-state index in [0.29, 0.717) is 6.04 Å². The van der Waals surface area contributed by atoms with Crippen molar-refractivity contribution in [2.24, 2.45) is 0 Å². The molecular formula is C15H26N4. The van der Waals surface area contributed by atoms with Gasteiger partial charge in [0.1, 0.15) is 11.6 Å². The Morgan fingerprint density at radius 3 is 2.79 bits per heavy atom. The molecular weight excluding hydrogens is 236 g/mol. The van der Waals surface area contributed by atoms with Crippen molar-refractivity contribution in [1.29, 1.82) is 0 Å². The zero-order valence-electron chi connectivity index (χ0n) is 12.4. The van der Waals surface area contributed by atoms with Crippen molar-refractivity contribution >= 4 is 11.6 Å². The lowest BCUT2D eigenvalue weighted by Crippen LogP contribution is -2.37. The number of likely N-dealkylation sites (N-methyl/N-ethyl adjacent to an activating group) is 1. The van der Waals surface area contributed by atoms with Crippen molar-refractivity contribution in [2.75, 3.05) is 42.9 Å². The maximum atomic E-state index is 4.69. The average Bonchev–Trinajstić information content (AvgIpc) is 2.91. The first kappa shape index (κ1) is 14.1. The molecule has 1 aliphatic rings. The lowest BCUT2D eigenvalue weighted by Gasteiger charge is -2.26. The smallest absolute Gasteiger partial charge is 0.131 e. The average molecular weight is 262 g/mol. The lowest BCUT2D eigenvalue weighted by molar-refractivity contribution is 0.232. The normalized spacial score (nSPS) is 19.2. The summed E-state index contributed by atoms with van der Waals surface area (Å²) in [6.45, 7) is 12.0. The molecule has 1 N–H and O–H groups in total. The summed E-state index contributed by atoms with van der Waals surface area (Å²) in [6, 6.07) is 6.92. The maximum Gasteiger partial charge on any atom is 0.131 e. The molecule has 106 valence electrons. The molecule has 0 spiro atoms. The van der Waals surface area contributed by atoms with Gasteiger partial charge in [0, 0.05) is 25.7 Å². The SMILES string of the molecule is CCNc1cccc(N2CCC(N(CC)CC)C2)n1. The van der Waals surface area contributed by atoms with Gasteiger partial charge in [0.25, 0.3) is 0 Å². The highest BCUT2D eigenvalue weighted by Gasteiger charge is 2.26. The van der Waals surface area contributed by atoms with Gasteiger partial charge in [-0.2, -0.15) is 0 Å². The van der Waals surface area contributed by atoms with Crippen LogP contribution in [0.2, 0.25) is 0 Å². The van der Waals surface area contributed by atoms with Gasteiger partial charge in [0.15, 0.2) is 0 Å². The molecule has 1 aromatic heterocycles. The van der Waals surface area contributed by atoms with Gasteiger partial charge < -0.3 is 10.2 Å². The molecule has 0 aliphatic carbocycles. The minimum atomic E-state index is 0.680. The van der Waals surface area contributed by atoms with Gasteiger partial charge in [-0.1, -0.05) is 19.9 Å². The molecule has 0 amide bonds. The Balaban J connectivity index is 2.02. The fourth-order valence-corrected chi connectivity index (χ4v) is 2.87. The number of nitrogens with one attached hydrogen (secondary N) is 1. The van der Waals surface area contributed by atoms with Crippen LogP contribution in [0.25, 0.3) is 0 Å². The molecule has 0 bridgehead atoms. The summed E-state index contributed by atoms with van der Waals surface area (Å²) in [7, 11) is 0. The molecule has 4 nitrogen and oxygen atoms in total. The van der Waals surface area contributed by atoms with Crippen LogP contribution in [0.15, 0.2) is 18.2 Å². The second kappa shape index (κ2) is 6.75. The van der Waals surface area contributed by atoms with Crippen LogP contribution in [-0.4, -0.2) is 48.6 Å². The summed E-state index contributed by atoms with van der Waals surface area (Å²) in [6.07, 6.45) is 1.24. The molecule has 0 saturated carbocycles. The summed E-state index contributed by atoms with van der Waals surface area (Å²) >= 11 is 0. The molecule has 4 heteroatoms. The molecule has 2 rings (SSSR count). The van der Waals surface area contributed by atoms with E-state index in [4.69, 9.17) is 0 Å². The van der Waals surface area contributed by atoms with Crippen molar-refractivity contribution in [3.05, 3.63) is 18.2 Å². The van der Waals surface area contributed by atoms with Crippen LogP contribution in [0.5, 0.6) is 0 Å². The Morgan fingerprint density at radius 1 is 1.32 bits per heavy atom. The zero-order chi connectivity index (χ0) is 13.7. The molecule has 19 heavy (non-hydrogen) atoms. The number of pyridine rings is 1. The summed E-state index contributed by atoms with van der Waals surface area (Å²) in [4.78, 5) is 9.64. The minimum Gasteiger partial charge on any atom is -0.370 e. The number of anilines is 2. The van der Waals surface area contributed by atoms with Gasteiger partial charge >= 0.3 is 0 Å². The summed E-state index contributed by atoms with van der Waals surface area (Å²) in [5.41, 5.74) is 0. The van der Waals surface area contributed by atoms with E-state index in [2.05, 4.69) is 53.0 Å². The zero-order valence-corrected chi connectivity index (χ0v) is 12.4. The van der Waals surface area contributed by atoms with E-state index in [9.17, 15) is 0 Å². The Labute approximate surface area is 116 Å². The third kappa shape index (κ3) is 3.38. The fraction of sp³-hybridized carbons (Fsp3) is 0.667. The largest absolute Gasteiger partial charge is 0.370 e. The fourth-order valence-electron chi connectivity index (χ4n) is 2.87. The first-order valence-corrected chi connectivity index (χ1v) is 7.48. The Hall–Kier alpha value is -1.29. The standard InChI is InChI=1S/C15H26N4/c1-4-16-14-8-7-9-15(17-14)19-11-10-13(12-19)18(5-2)6-3/h7-9,13H,4-6,10-12H2,1-3H3,(H,16,17).